The van der Waals surface area contributed by atoms with Gasteiger partial charge in [0, 0.05) is 30.8 Å². The van der Waals surface area contributed by atoms with Crippen molar-refractivity contribution in [3.63, 3.8) is 0 Å². The Morgan fingerprint density at radius 1 is 1.00 bits per heavy atom. The Bertz CT molecular complexity index is 969. The van der Waals surface area contributed by atoms with E-state index in [0.29, 0.717) is 54.6 Å². The van der Waals surface area contributed by atoms with Crippen molar-refractivity contribution in [1.29, 1.82) is 0 Å². The molecule has 2 aromatic rings. The molecule has 0 atom stereocenters. The summed E-state index contributed by atoms with van der Waals surface area (Å²) in [5.74, 6) is 2.43. The van der Waals surface area contributed by atoms with Gasteiger partial charge in [-0.25, -0.2) is 0 Å². The molecular weight excluding hydrogens is 400 g/mol. The third kappa shape index (κ3) is 4.68. The summed E-state index contributed by atoms with van der Waals surface area (Å²) in [6.07, 6.45) is 1.55. The molecule has 2 amide bonds. The Morgan fingerprint density at radius 3 is 2.48 bits per heavy atom. The molecule has 164 valence electrons. The molecule has 0 spiro atoms. The Hall–Kier alpha value is -3.42. The number of nitrogens with zero attached hydrogens (tertiary/aromatic N) is 1. The molecule has 0 aliphatic carbocycles. The zero-order valence-corrected chi connectivity index (χ0v) is 17.7. The van der Waals surface area contributed by atoms with Crippen LogP contribution in [0.15, 0.2) is 36.4 Å². The number of methoxy groups -OCH3 is 2. The molecule has 2 aliphatic rings. The number of fused-ring (bicyclic) bond motifs is 1. The molecule has 2 aromatic carbocycles. The van der Waals surface area contributed by atoms with Crippen LogP contribution in [0, 0.1) is 5.92 Å². The second kappa shape index (κ2) is 9.16. The third-order valence-electron chi connectivity index (χ3n) is 5.66. The first-order valence-electron chi connectivity index (χ1n) is 10.3. The number of carbonyl (C=O) groups excluding carboxylic acids is 2. The van der Waals surface area contributed by atoms with Crippen molar-refractivity contribution in [3.8, 4) is 23.0 Å². The van der Waals surface area contributed by atoms with Crippen molar-refractivity contribution in [3.05, 3.63) is 42.0 Å². The van der Waals surface area contributed by atoms with E-state index in [4.69, 9.17) is 18.9 Å². The van der Waals surface area contributed by atoms with Crippen LogP contribution in [0.3, 0.4) is 0 Å². The van der Waals surface area contributed by atoms with E-state index in [0.717, 1.165) is 5.56 Å². The van der Waals surface area contributed by atoms with E-state index in [1.165, 1.54) is 0 Å². The molecule has 8 nitrogen and oxygen atoms in total. The van der Waals surface area contributed by atoms with Gasteiger partial charge < -0.3 is 29.2 Å². The number of nitrogens with one attached hydrogen (secondary N) is 1. The highest BCUT2D eigenvalue weighted by molar-refractivity contribution is 5.93. The first-order valence-corrected chi connectivity index (χ1v) is 10.3. The number of piperidine rings is 1. The van der Waals surface area contributed by atoms with Gasteiger partial charge in [0.15, 0.2) is 23.0 Å². The quantitative estimate of drug-likeness (QED) is 0.765. The Kier molecular flexibility index (Phi) is 6.16. The summed E-state index contributed by atoms with van der Waals surface area (Å²) >= 11 is 0. The van der Waals surface area contributed by atoms with Crippen LogP contribution in [0.1, 0.15) is 18.4 Å². The van der Waals surface area contributed by atoms with Gasteiger partial charge in [0.25, 0.3) is 0 Å². The molecular formula is C23H26N2O6. The molecule has 0 aromatic heterocycles. The van der Waals surface area contributed by atoms with E-state index < -0.39 is 0 Å². The number of hydrogen-bond acceptors (Lipinski definition) is 6. The first kappa shape index (κ1) is 20.8. The highest BCUT2D eigenvalue weighted by Crippen LogP contribution is 2.34. The van der Waals surface area contributed by atoms with Gasteiger partial charge in [-0.05, 0) is 42.7 Å². The molecule has 1 saturated heterocycles. The average molecular weight is 426 g/mol. The number of carbonyl (C=O) groups is 2. The van der Waals surface area contributed by atoms with Crippen molar-refractivity contribution in [1.82, 2.24) is 4.90 Å². The van der Waals surface area contributed by atoms with Crippen LogP contribution in [-0.2, 0) is 16.0 Å². The number of likely N-dealkylation sites (tertiary alicyclic amines) is 1. The number of amides is 2. The highest BCUT2D eigenvalue weighted by atomic mass is 16.7. The Balaban J connectivity index is 1.29. The second-order valence-corrected chi connectivity index (χ2v) is 7.58. The molecule has 4 rings (SSSR count). The fourth-order valence-corrected chi connectivity index (χ4v) is 3.89. The smallest absolute Gasteiger partial charge is 0.231 e. The number of benzene rings is 2. The molecule has 31 heavy (non-hydrogen) atoms. The SMILES string of the molecule is COc1ccc(CC(=O)N2CCC(C(=O)Nc3ccc4c(c3)OCO4)CC2)cc1OC. The lowest BCUT2D eigenvalue weighted by Gasteiger charge is -2.31. The summed E-state index contributed by atoms with van der Waals surface area (Å²) < 4.78 is 21.2. The zero-order chi connectivity index (χ0) is 21.8. The van der Waals surface area contributed by atoms with Crippen LogP contribution in [0.25, 0.3) is 0 Å². The van der Waals surface area contributed by atoms with Crippen LogP contribution in [0.4, 0.5) is 5.69 Å². The maximum Gasteiger partial charge on any atom is 0.231 e. The molecule has 1 fully saturated rings. The van der Waals surface area contributed by atoms with Crippen LogP contribution >= 0.6 is 0 Å². The second-order valence-electron chi connectivity index (χ2n) is 7.58. The van der Waals surface area contributed by atoms with Gasteiger partial charge in [-0.3, -0.25) is 9.59 Å². The molecule has 0 bridgehead atoms. The summed E-state index contributed by atoms with van der Waals surface area (Å²) in [5, 5.41) is 2.95. The minimum Gasteiger partial charge on any atom is -0.493 e. The molecule has 0 unspecified atom stereocenters. The van der Waals surface area contributed by atoms with Gasteiger partial charge in [-0.15, -0.1) is 0 Å². The standard InChI is InChI=1S/C23H26N2O6/c1-28-18-5-3-15(11-20(18)29-2)12-22(26)25-9-7-16(8-10-25)23(27)24-17-4-6-19-21(13-17)31-14-30-19/h3-6,11,13,16H,7-10,12,14H2,1-2H3,(H,24,27). The fraction of sp³-hybridized carbons (Fsp3) is 0.391. The Labute approximate surface area is 181 Å². The van der Waals surface area contributed by atoms with Gasteiger partial charge in [-0.2, -0.15) is 0 Å². The van der Waals surface area contributed by atoms with Gasteiger partial charge in [0.05, 0.1) is 20.6 Å². The summed E-state index contributed by atoms with van der Waals surface area (Å²) in [6.45, 7) is 1.32. The van der Waals surface area contributed by atoms with E-state index in [2.05, 4.69) is 5.32 Å². The van der Waals surface area contributed by atoms with Crippen molar-refractivity contribution >= 4 is 17.5 Å². The normalized spacial score (nSPS) is 15.5. The van der Waals surface area contributed by atoms with Crippen LogP contribution < -0.4 is 24.3 Å². The number of rotatable bonds is 6. The summed E-state index contributed by atoms with van der Waals surface area (Å²) in [6, 6.07) is 10.8. The van der Waals surface area contributed by atoms with Gasteiger partial charge in [0.1, 0.15) is 0 Å². The monoisotopic (exact) mass is 426 g/mol. The molecule has 0 radical (unpaired) electrons. The summed E-state index contributed by atoms with van der Waals surface area (Å²) in [7, 11) is 3.15. The van der Waals surface area contributed by atoms with E-state index in [1.807, 2.05) is 17.0 Å². The number of hydrogen-bond donors (Lipinski definition) is 1. The van der Waals surface area contributed by atoms with Crippen molar-refractivity contribution in [2.45, 2.75) is 19.3 Å². The van der Waals surface area contributed by atoms with Gasteiger partial charge in [-0.1, -0.05) is 6.07 Å². The molecule has 8 heteroatoms. The molecule has 1 N–H and O–H groups in total. The van der Waals surface area contributed by atoms with Crippen LogP contribution in [0.2, 0.25) is 0 Å². The highest BCUT2D eigenvalue weighted by Gasteiger charge is 2.28. The molecule has 0 saturated carbocycles. The minimum absolute atomic E-state index is 0.0362. The largest absolute Gasteiger partial charge is 0.493 e. The summed E-state index contributed by atoms with van der Waals surface area (Å²) in [4.78, 5) is 27.2. The first-order chi connectivity index (χ1) is 15.1. The van der Waals surface area contributed by atoms with E-state index in [9.17, 15) is 9.59 Å². The molecule has 2 aliphatic heterocycles. The minimum atomic E-state index is -0.129. The van der Waals surface area contributed by atoms with E-state index >= 15 is 0 Å². The van der Waals surface area contributed by atoms with E-state index in [1.54, 1.807) is 38.5 Å². The van der Waals surface area contributed by atoms with Gasteiger partial charge >= 0.3 is 0 Å². The Morgan fingerprint density at radius 2 is 1.74 bits per heavy atom. The predicted octanol–water partition coefficient (Wildman–Crippen LogP) is 2.85. The fourth-order valence-electron chi connectivity index (χ4n) is 3.89. The maximum atomic E-state index is 12.7. The predicted molar refractivity (Wildman–Crippen MR) is 114 cm³/mol. The average Bonchev–Trinajstić information content (AvgIpc) is 3.27. The lowest BCUT2D eigenvalue weighted by atomic mass is 9.95. The zero-order valence-electron chi connectivity index (χ0n) is 17.7. The lowest BCUT2D eigenvalue weighted by Crippen LogP contribution is -2.42. The molecule has 2 heterocycles. The third-order valence-corrected chi connectivity index (χ3v) is 5.66. The number of ether oxygens (including phenoxy) is 4. The van der Waals surface area contributed by atoms with Crippen molar-refractivity contribution in [2.75, 3.05) is 39.4 Å². The van der Waals surface area contributed by atoms with E-state index in [-0.39, 0.29) is 30.9 Å². The maximum absolute atomic E-state index is 12.7. The van der Waals surface area contributed by atoms with Crippen molar-refractivity contribution in [2.24, 2.45) is 5.92 Å². The summed E-state index contributed by atoms with van der Waals surface area (Å²) in [5.41, 5.74) is 1.55. The van der Waals surface area contributed by atoms with Gasteiger partial charge in [0.2, 0.25) is 18.6 Å². The lowest BCUT2D eigenvalue weighted by molar-refractivity contribution is -0.133. The van der Waals surface area contributed by atoms with Crippen LogP contribution in [0.5, 0.6) is 23.0 Å². The van der Waals surface area contributed by atoms with Crippen molar-refractivity contribution < 1.29 is 28.5 Å². The topological polar surface area (TPSA) is 86.3 Å². The number of anilines is 1. The van der Waals surface area contributed by atoms with Crippen LogP contribution in [-0.4, -0.2) is 50.8 Å².